The van der Waals surface area contributed by atoms with E-state index in [1.54, 1.807) is 0 Å². The van der Waals surface area contributed by atoms with Crippen molar-refractivity contribution in [3.8, 4) is 34.2 Å². The van der Waals surface area contributed by atoms with Crippen molar-refractivity contribution in [1.29, 1.82) is 0 Å². The Balaban J connectivity index is 1.32. The van der Waals surface area contributed by atoms with E-state index < -0.39 is 0 Å². The fourth-order valence-electron chi connectivity index (χ4n) is 6.22. The second kappa shape index (κ2) is 9.33. The minimum atomic E-state index is 0.638. The molecule has 0 spiro atoms. The topological polar surface area (TPSA) is 51.8 Å². The predicted molar refractivity (Wildman–Crippen MR) is 176 cm³/mol. The van der Waals surface area contributed by atoms with Crippen molar-refractivity contribution in [3.05, 3.63) is 140 Å². The van der Waals surface area contributed by atoms with Crippen LogP contribution in [0.3, 0.4) is 0 Å². The van der Waals surface area contributed by atoms with E-state index in [2.05, 4.69) is 97.1 Å². The summed E-state index contributed by atoms with van der Waals surface area (Å²) >= 11 is 0. The number of para-hydroxylation sites is 1. The van der Waals surface area contributed by atoms with Gasteiger partial charge < -0.3 is 4.42 Å². The minimum Gasteiger partial charge on any atom is -0.455 e. The Bertz CT molecular complexity index is 2510. The molecule has 7 aromatic carbocycles. The quantitative estimate of drug-likeness (QED) is 0.206. The van der Waals surface area contributed by atoms with E-state index in [1.165, 1.54) is 5.39 Å². The third-order valence-electron chi connectivity index (χ3n) is 8.30. The minimum absolute atomic E-state index is 0.638. The van der Waals surface area contributed by atoms with Gasteiger partial charge in [0.05, 0.1) is 0 Å². The van der Waals surface area contributed by atoms with Gasteiger partial charge in [-0.25, -0.2) is 15.0 Å². The molecule has 9 rings (SSSR count). The maximum Gasteiger partial charge on any atom is 0.164 e. The molecular formula is C39H23N3O. The van der Waals surface area contributed by atoms with E-state index in [-0.39, 0.29) is 0 Å². The lowest BCUT2D eigenvalue weighted by atomic mass is 9.96. The van der Waals surface area contributed by atoms with Crippen LogP contribution in [-0.4, -0.2) is 15.0 Å². The Morgan fingerprint density at radius 3 is 1.95 bits per heavy atom. The third-order valence-corrected chi connectivity index (χ3v) is 8.30. The largest absolute Gasteiger partial charge is 0.455 e. The average molecular weight is 550 g/mol. The number of nitrogens with zero attached hydrogens (tertiary/aromatic N) is 3. The number of hydrogen-bond donors (Lipinski definition) is 0. The lowest BCUT2D eigenvalue weighted by molar-refractivity contribution is 0.673. The first-order chi connectivity index (χ1) is 21.3. The van der Waals surface area contributed by atoms with E-state index in [0.29, 0.717) is 17.5 Å². The molecule has 0 aliphatic carbocycles. The molecule has 0 N–H and O–H groups in total. The SMILES string of the molecule is c1ccc(-c2nc(-c3ccc4ccccc4c3)nc(-c3cccc4c3ccc3ccc5c6ccccc6oc5c34)n2)cc1. The van der Waals surface area contributed by atoms with Crippen LogP contribution in [0, 0.1) is 0 Å². The van der Waals surface area contributed by atoms with Crippen molar-refractivity contribution in [1.82, 2.24) is 15.0 Å². The molecule has 0 fully saturated rings. The Morgan fingerprint density at radius 2 is 1.07 bits per heavy atom. The maximum atomic E-state index is 6.47. The summed E-state index contributed by atoms with van der Waals surface area (Å²) in [6.45, 7) is 0. The van der Waals surface area contributed by atoms with E-state index in [1.807, 2.05) is 42.5 Å². The highest BCUT2D eigenvalue weighted by Crippen LogP contribution is 2.40. The number of aromatic nitrogens is 3. The van der Waals surface area contributed by atoms with Crippen LogP contribution in [-0.2, 0) is 0 Å². The summed E-state index contributed by atoms with van der Waals surface area (Å²) in [5, 5.41) is 8.97. The van der Waals surface area contributed by atoms with Crippen molar-refractivity contribution in [2.24, 2.45) is 0 Å². The van der Waals surface area contributed by atoms with Crippen LogP contribution in [0.4, 0.5) is 0 Å². The van der Waals surface area contributed by atoms with Crippen LogP contribution >= 0.6 is 0 Å². The number of hydrogen-bond acceptors (Lipinski definition) is 4. The molecule has 0 saturated carbocycles. The van der Waals surface area contributed by atoms with Crippen LogP contribution in [0.2, 0.25) is 0 Å². The van der Waals surface area contributed by atoms with Crippen molar-refractivity contribution in [2.75, 3.05) is 0 Å². The maximum absolute atomic E-state index is 6.47. The molecule has 0 aliphatic heterocycles. The first-order valence-electron chi connectivity index (χ1n) is 14.4. The number of fused-ring (bicyclic) bond motifs is 8. The summed E-state index contributed by atoms with van der Waals surface area (Å²) in [5.74, 6) is 1.93. The van der Waals surface area contributed by atoms with E-state index in [4.69, 9.17) is 19.4 Å². The molecule has 0 saturated heterocycles. The van der Waals surface area contributed by atoms with Crippen LogP contribution in [0.1, 0.15) is 0 Å². The van der Waals surface area contributed by atoms with Gasteiger partial charge >= 0.3 is 0 Å². The molecule has 43 heavy (non-hydrogen) atoms. The Labute approximate surface area is 246 Å². The summed E-state index contributed by atoms with van der Waals surface area (Å²) < 4.78 is 6.47. The zero-order valence-electron chi connectivity index (χ0n) is 23.0. The predicted octanol–water partition coefficient (Wildman–Crippen LogP) is 10.2. The van der Waals surface area contributed by atoms with Gasteiger partial charge in [0.1, 0.15) is 11.2 Å². The molecular weight excluding hydrogens is 526 g/mol. The molecule has 0 atom stereocenters. The fraction of sp³-hybridized carbons (Fsp3) is 0. The van der Waals surface area contributed by atoms with Crippen molar-refractivity contribution in [2.45, 2.75) is 0 Å². The molecule has 200 valence electrons. The molecule has 9 aromatic rings. The molecule has 2 heterocycles. The summed E-state index contributed by atoms with van der Waals surface area (Å²) in [4.78, 5) is 15.1. The van der Waals surface area contributed by atoms with Gasteiger partial charge in [-0.3, -0.25) is 0 Å². The van der Waals surface area contributed by atoms with Gasteiger partial charge in [0.25, 0.3) is 0 Å². The molecule has 0 bridgehead atoms. The van der Waals surface area contributed by atoms with Crippen molar-refractivity contribution >= 4 is 54.3 Å². The standard InChI is InChI=1S/C39H23N3O/c1-2-10-26(11-3-1)37-40-38(28-18-17-24-9-4-5-12-27(24)23-28)42-39(41-37)33-15-8-14-31-29(33)21-19-25-20-22-32-30-13-6-7-16-34(30)43-36(32)35(25)31/h1-23H. The number of rotatable bonds is 3. The zero-order valence-corrected chi connectivity index (χ0v) is 23.0. The first-order valence-corrected chi connectivity index (χ1v) is 14.4. The average Bonchev–Trinajstić information content (AvgIpc) is 3.47. The monoisotopic (exact) mass is 549 g/mol. The van der Waals surface area contributed by atoms with Crippen LogP contribution in [0.25, 0.3) is 88.4 Å². The Kier molecular flexibility index (Phi) is 5.16. The Hall–Kier alpha value is -5.87. The van der Waals surface area contributed by atoms with Gasteiger partial charge in [0, 0.05) is 32.8 Å². The molecule has 0 unspecified atom stereocenters. The smallest absolute Gasteiger partial charge is 0.164 e. The number of benzene rings is 7. The number of furan rings is 1. The molecule has 0 amide bonds. The van der Waals surface area contributed by atoms with Crippen molar-refractivity contribution in [3.63, 3.8) is 0 Å². The van der Waals surface area contributed by atoms with E-state index in [9.17, 15) is 0 Å². The molecule has 4 heteroatoms. The fourth-order valence-corrected chi connectivity index (χ4v) is 6.22. The van der Waals surface area contributed by atoms with Gasteiger partial charge in [0.2, 0.25) is 0 Å². The van der Waals surface area contributed by atoms with Gasteiger partial charge in [-0.1, -0.05) is 121 Å². The highest BCUT2D eigenvalue weighted by molar-refractivity contribution is 6.24. The first kappa shape index (κ1) is 23.8. The van der Waals surface area contributed by atoms with E-state index >= 15 is 0 Å². The Morgan fingerprint density at radius 1 is 0.395 bits per heavy atom. The lowest BCUT2D eigenvalue weighted by Gasteiger charge is -2.12. The molecule has 2 aromatic heterocycles. The summed E-state index contributed by atoms with van der Waals surface area (Å²) in [6, 6.07) is 48.1. The summed E-state index contributed by atoms with van der Waals surface area (Å²) in [6.07, 6.45) is 0. The second-order valence-electron chi connectivity index (χ2n) is 10.8. The third kappa shape index (κ3) is 3.81. The van der Waals surface area contributed by atoms with Crippen LogP contribution in [0.15, 0.2) is 144 Å². The highest BCUT2D eigenvalue weighted by Gasteiger charge is 2.17. The zero-order chi connectivity index (χ0) is 28.3. The molecule has 0 radical (unpaired) electrons. The molecule has 4 nitrogen and oxygen atoms in total. The summed E-state index contributed by atoms with van der Waals surface area (Å²) in [7, 11) is 0. The highest BCUT2D eigenvalue weighted by atomic mass is 16.3. The molecule has 0 aliphatic rings. The van der Waals surface area contributed by atoms with Crippen LogP contribution < -0.4 is 0 Å². The van der Waals surface area contributed by atoms with Gasteiger partial charge in [0.15, 0.2) is 17.5 Å². The van der Waals surface area contributed by atoms with Gasteiger partial charge in [-0.15, -0.1) is 0 Å². The normalized spacial score (nSPS) is 11.7. The van der Waals surface area contributed by atoms with Crippen LogP contribution in [0.5, 0.6) is 0 Å². The lowest BCUT2D eigenvalue weighted by Crippen LogP contribution is -2.00. The summed E-state index contributed by atoms with van der Waals surface area (Å²) in [5.41, 5.74) is 4.65. The second-order valence-corrected chi connectivity index (χ2v) is 10.8. The van der Waals surface area contributed by atoms with E-state index in [0.717, 1.165) is 65.6 Å². The van der Waals surface area contributed by atoms with Crippen molar-refractivity contribution < 1.29 is 4.42 Å². The van der Waals surface area contributed by atoms with Gasteiger partial charge in [-0.2, -0.15) is 0 Å². The van der Waals surface area contributed by atoms with Gasteiger partial charge in [-0.05, 0) is 45.1 Å².